The van der Waals surface area contributed by atoms with Crippen molar-refractivity contribution < 1.29 is 95.3 Å². The van der Waals surface area contributed by atoms with Crippen LogP contribution in [0, 0.1) is 11.3 Å². The van der Waals surface area contributed by atoms with E-state index in [-0.39, 0.29) is 69.3 Å². The zero-order chi connectivity index (χ0) is 76.5. The Balaban J connectivity index is 0.0000118. The Labute approximate surface area is 608 Å². The molecule has 29 nitrogen and oxygen atoms in total. The highest BCUT2D eigenvalue weighted by Gasteiger charge is 2.33. The highest BCUT2D eigenvalue weighted by molar-refractivity contribution is 5.91. The molecule has 580 valence electrons. The van der Waals surface area contributed by atoms with Crippen molar-refractivity contribution in [2.45, 2.75) is 228 Å². The molecule has 0 fully saturated rings. The molecular weight excluding hydrogens is 1330 g/mol. The fourth-order valence-electron chi connectivity index (χ4n) is 9.84. The Hall–Kier alpha value is -7.92. The zero-order valence-corrected chi connectivity index (χ0v) is 63.3. The Bertz CT molecular complexity index is 2950. The molecule has 29 heteroatoms. The number of urea groups is 2. The van der Waals surface area contributed by atoms with Crippen LogP contribution in [0.2, 0.25) is 0 Å². The quantitative estimate of drug-likeness (QED) is 0.0174. The SMILES string of the molecule is CCCCC[C@H](CC(=O)CCOCCOCCOCCOCCOCCOCCn1nncc1-c1cccc(NC(=O)NCCCC[C@H](NC(=O)N[C@@H](CCC(=O)OC(C)(C)C)C(C)(C)C)C(=O)OC(C)(C)C)c1)C(=O)N[C@@H](CCCCNC(=O)OCc1ccccc1)C(=O)OC(C)(C)C.O=C=O. The number of alkyl carbamates (subject to hydrolysis) is 1. The van der Waals surface area contributed by atoms with Crippen LogP contribution in [0.1, 0.15) is 185 Å². The van der Waals surface area contributed by atoms with Crippen molar-refractivity contribution in [3.8, 4) is 11.3 Å². The summed E-state index contributed by atoms with van der Waals surface area (Å²) in [7, 11) is 0. The predicted octanol–water partition coefficient (Wildman–Crippen LogP) is 9.77. The van der Waals surface area contributed by atoms with Crippen LogP contribution in [-0.4, -0.2) is 196 Å². The summed E-state index contributed by atoms with van der Waals surface area (Å²) in [6.07, 6.45) is 7.70. The van der Waals surface area contributed by atoms with Gasteiger partial charge >= 0.3 is 42.2 Å². The molecule has 0 unspecified atom stereocenters. The third kappa shape index (κ3) is 46.4. The lowest BCUT2D eigenvalue weighted by Crippen LogP contribution is -2.53. The van der Waals surface area contributed by atoms with E-state index in [1.54, 1.807) is 79.3 Å². The van der Waals surface area contributed by atoms with Gasteiger partial charge < -0.3 is 79.3 Å². The van der Waals surface area contributed by atoms with Crippen molar-refractivity contribution in [2.75, 3.05) is 97.7 Å². The van der Waals surface area contributed by atoms with Gasteiger partial charge in [-0.25, -0.2) is 28.7 Å². The number of benzene rings is 2. The molecule has 0 saturated carbocycles. The standard InChI is InChI=1S/C73H119N9O18.CO2/c1-14-15-17-27-56(64(85)78-59(65(86)99-72(8,9)10)30-21-23-36-75-69(90)97-53-54-25-18-16-19-26-54)51-58(83)34-38-91-40-42-93-44-46-95-48-49-96-47-45-94-43-41-92-39-37-82-61(52-76-81-82)55-28-24-29-57(50-55)77-67(88)74-35-22-20-31-60(66(87)100-73(11,12)13)79-68(89)80-62(70(2,3)4)32-33-63(84)98-71(5,6)7;2-1-3/h16,18-19,24-26,28-29,50,52,56,59-60,62H,14-15,17,20-23,27,30-49,51,53H2,1-13H3,(H,75,90)(H,78,85)(H2,74,77,88)(H2,79,80,89);/t56-,59+,60+,62+;/m1./s1. The highest BCUT2D eigenvalue weighted by Crippen LogP contribution is 2.26. The monoisotopic (exact) mass is 1450 g/mol. The number of ketones is 1. The molecule has 1 aromatic heterocycles. The maximum Gasteiger partial charge on any atom is 0.407 e. The van der Waals surface area contributed by atoms with Gasteiger partial charge in [-0.05, 0) is 137 Å². The molecule has 0 saturated heterocycles. The van der Waals surface area contributed by atoms with E-state index in [1.807, 2.05) is 69.3 Å². The number of ether oxygens (including phenoxy) is 10. The normalized spacial score (nSPS) is 12.7. The maximum atomic E-state index is 13.7. The molecule has 1 heterocycles. The molecule has 103 heavy (non-hydrogen) atoms. The third-order valence-corrected chi connectivity index (χ3v) is 14.9. The summed E-state index contributed by atoms with van der Waals surface area (Å²) in [5.74, 6) is -2.57. The molecule has 0 spiro atoms. The number of nitrogens with one attached hydrogen (secondary N) is 6. The molecule has 6 N–H and O–H groups in total. The maximum absolute atomic E-state index is 13.7. The Morgan fingerprint density at radius 2 is 1.05 bits per heavy atom. The lowest BCUT2D eigenvalue weighted by Gasteiger charge is -2.32. The molecule has 0 aliphatic carbocycles. The van der Waals surface area contributed by atoms with Crippen LogP contribution in [-0.2, 0) is 94.1 Å². The van der Waals surface area contributed by atoms with E-state index < -0.39 is 76.4 Å². The van der Waals surface area contributed by atoms with Gasteiger partial charge in [0.1, 0.15) is 41.3 Å². The summed E-state index contributed by atoms with van der Waals surface area (Å²) < 4.78 is 57.7. The van der Waals surface area contributed by atoms with Crippen molar-refractivity contribution >= 4 is 59.6 Å². The lowest BCUT2D eigenvalue weighted by molar-refractivity contribution is -0.192. The largest absolute Gasteiger partial charge is 0.460 e. The Kier molecular flexibility index (Phi) is 45.4. The van der Waals surface area contributed by atoms with E-state index in [1.165, 1.54) is 0 Å². The van der Waals surface area contributed by atoms with Crippen LogP contribution >= 0.6 is 0 Å². The van der Waals surface area contributed by atoms with Crippen molar-refractivity contribution in [2.24, 2.45) is 11.3 Å². The summed E-state index contributed by atoms with van der Waals surface area (Å²) in [6, 6.07) is 13.4. The minimum absolute atomic E-state index is 0.0279. The van der Waals surface area contributed by atoms with Gasteiger partial charge in [-0.3, -0.25) is 14.4 Å². The molecular formula is C74H119N9O20. The van der Waals surface area contributed by atoms with Crippen LogP contribution in [0.15, 0.2) is 60.8 Å². The molecule has 2 aromatic carbocycles. The fraction of sp³-hybridized carbons (Fsp3) is 0.689. The molecule has 0 radical (unpaired) electrons. The number of esters is 3. The fourth-order valence-corrected chi connectivity index (χ4v) is 9.84. The van der Waals surface area contributed by atoms with Gasteiger partial charge in [0.2, 0.25) is 5.91 Å². The number of nitrogens with zero attached hydrogens (tertiary/aromatic N) is 3. The molecule has 3 aromatic rings. The number of amides is 6. The van der Waals surface area contributed by atoms with E-state index in [4.69, 9.17) is 57.0 Å². The van der Waals surface area contributed by atoms with Crippen molar-refractivity contribution in [3.63, 3.8) is 0 Å². The summed E-state index contributed by atoms with van der Waals surface area (Å²) >= 11 is 0. The van der Waals surface area contributed by atoms with Gasteiger partial charge in [0, 0.05) is 55.6 Å². The average Bonchev–Trinajstić information content (AvgIpc) is 1.77. The van der Waals surface area contributed by atoms with Crippen LogP contribution < -0.4 is 31.9 Å². The van der Waals surface area contributed by atoms with Crippen molar-refractivity contribution in [1.82, 2.24) is 41.6 Å². The van der Waals surface area contributed by atoms with Gasteiger partial charge in [-0.2, -0.15) is 9.59 Å². The number of hydrogen-bond acceptors (Lipinski definition) is 22. The van der Waals surface area contributed by atoms with Crippen molar-refractivity contribution in [1.29, 1.82) is 0 Å². The van der Waals surface area contributed by atoms with E-state index in [0.717, 1.165) is 36.1 Å². The molecule has 3 rings (SSSR count). The Morgan fingerprint density at radius 3 is 1.58 bits per heavy atom. The first-order valence-corrected chi connectivity index (χ1v) is 35.8. The highest BCUT2D eigenvalue weighted by atomic mass is 16.6. The average molecular weight is 1450 g/mol. The second kappa shape index (κ2) is 51.3. The summed E-state index contributed by atoms with van der Waals surface area (Å²) in [4.78, 5) is 121. The van der Waals surface area contributed by atoms with Gasteiger partial charge in [0.05, 0.1) is 97.7 Å². The first-order valence-electron chi connectivity index (χ1n) is 35.8. The van der Waals surface area contributed by atoms with Crippen LogP contribution in [0.3, 0.4) is 0 Å². The zero-order valence-electron chi connectivity index (χ0n) is 63.3. The lowest BCUT2D eigenvalue weighted by atomic mass is 9.84. The van der Waals surface area contributed by atoms with E-state index in [9.17, 15) is 38.4 Å². The number of aromatic nitrogens is 3. The number of anilines is 1. The van der Waals surface area contributed by atoms with E-state index in [0.29, 0.717) is 136 Å². The molecule has 0 aliphatic rings. The molecule has 4 atom stereocenters. The summed E-state index contributed by atoms with van der Waals surface area (Å²) in [5.41, 5.74) is 0.371. The third-order valence-electron chi connectivity index (χ3n) is 14.9. The summed E-state index contributed by atoms with van der Waals surface area (Å²) in [6.45, 7) is 29.2. The topological polar surface area (TPSA) is 366 Å². The number of carbonyl (C=O) groups is 8. The second-order valence-corrected chi connectivity index (χ2v) is 28.6. The minimum atomic E-state index is -0.952. The molecule has 0 bridgehead atoms. The first-order chi connectivity index (χ1) is 48.8. The van der Waals surface area contributed by atoms with Gasteiger partial charge in [0.15, 0.2) is 0 Å². The van der Waals surface area contributed by atoms with Crippen molar-refractivity contribution in [3.05, 3.63) is 66.4 Å². The number of Topliss-reactive ketones (excluding diaryl/α,β-unsaturated/α-hetero) is 1. The van der Waals surface area contributed by atoms with Crippen LogP contribution in [0.25, 0.3) is 11.3 Å². The number of carbonyl (C=O) groups excluding carboxylic acids is 10. The van der Waals surface area contributed by atoms with E-state index >= 15 is 0 Å². The molecule has 6 amide bonds. The second-order valence-electron chi connectivity index (χ2n) is 28.6. The first kappa shape index (κ1) is 91.2. The number of unbranched alkanes of at least 4 members (excludes halogenated alkanes) is 4. The summed E-state index contributed by atoms with van der Waals surface area (Å²) in [5, 5.41) is 25.4. The number of hydrogen-bond donors (Lipinski definition) is 6. The minimum Gasteiger partial charge on any atom is -0.460 e. The van der Waals surface area contributed by atoms with Gasteiger partial charge in [0.25, 0.3) is 0 Å². The predicted molar refractivity (Wildman–Crippen MR) is 384 cm³/mol. The van der Waals surface area contributed by atoms with E-state index in [2.05, 4.69) is 49.1 Å². The number of rotatable bonds is 50. The van der Waals surface area contributed by atoms with Crippen LogP contribution in [0.5, 0.6) is 0 Å². The van der Waals surface area contributed by atoms with Crippen LogP contribution in [0.4, 0.5) is 20.1 Å². The molecule has 0 aliphatic heterocycles. The smallest absolute Gasteiger partial charge is 0.407 e. The Morgan fingerprint density at radius 1 is 0.534 bits per heavy atom. The van der Waals surface area contributed by atoms with Gasteiger partial charge in [-0.1, -0.05) is 94.6 Å². The van der Waals surface area contributed by atoms with Gasteiger partial charge in [-0.15, -0.1) is 5.10 Å².